The standard InChI is InChI=1S/C27H26F3N7/c28-27(29,30)24(18-4-2-1-3-5-18)35-22-14-19(8-9-33-22)25-34-21-16-32-15-20(17-6-7-17)23(21)26(36-25)37-12-10-31-11-13-37/h1-5,8-9,14-17,24,31H,6-7,10-13H2,(H,33,35). The molecule has 1 saturated carbocycles. The molecule has 4 heterocycles. The van der Waals surface area contributed by atoms with Crippen LogP contribution in [0.2, 0.25) is 0 Å². The second kappa shape index (κ2) is 9.59. The summed E-state index contributed by atoms with van der Waals surface area (Å²) >= 11 is 0. The molecule has 7 nitrogen and oxygen atoms in total. The minimum Gasteiger partial charge on any atom is -0.355 e. The van der Waals surface area contributed by atoms with Crippen LogP contribution < -0.4 is 15.5 Å². The predicted molar refractivity (Wildman–Crippen MR) is 136 cm³/mol. The van der Waals surface area contributed by atoms with Crippen LogP contribution in [0.3, 0.4) is 0 Å². The highest BCUT2D eigenvalue weighted by atomic mass is 19.4. The minimum absolute atomic E-state index is 0.0981. The van der Waals surface area contributed by atoms with Gasteiger partial charge in [0.05, 0.1) is 11.7 Å². The number of alkyl halides is 3. The first-order valence-corrected chi connectivity index (χ1v) is 12.4. The molecular formula is C27H26F3N7. The second-order valence-corrected chi connectivity index (χ2v) is 9.46. The fourth-order valence-corrected chi connectivity index (χ4v) is 4.82. The Labute approximate surface area is 212 Å². The molecule has 1 atom stereocenters. The zero-order valence-electron chi connectivity index (χ0n) is 20.0. The van der Waals surface area contributed by atoms with Gasteiger partial charge in [-0.05, 0) is 42.0 Å². The fourth-order valence-electron chi connectivity index (χ4n) is 4.82. The SMILES string of the molecule is FC(F)(F)C(Nc1cc(-c2nc(N3CCNCC3)c3c(C4CC4)cncc3n2)ccn1)c1ccccc1. The summed E-state index contributed by atoms with van der Waals surface area (Å²) in [5.74, 6) is 1.86. The molecule has 0 spiro atoms. The molecule has 0 bridgehead atoms. The summed E-state index contributed by atoms with van der Waals surface area (Å²) in [4.78, 5) is 20.6. The van der Waals surface area contributed by atoms with Crippen LogP contribution in [0.15, 0.2) is 61.1 Å². The molecule has 2 N–H and O–H groups in total. The average molecular weight is 506 g/mol. The molecule has 2 aliphatic rings. The minimum atomic E-state index is -4.50. The van der Waals surface area contributed by atoms with Crippen LogP contribution in [-0.4, -0.2) is 52.3 Å². The Hall–Kier alpha value is -3.79. The lowest BCUT2D eigenvalue weighted by Gasteiger charge is -2.30. The van der Waals surface area contributed by atoms with Gasteiger partial charge in [0.2, 0.25) is 0 Å². The van der Waals surface area contributed by atoms with Crippen molar-refractivity contribution in [1.29, 1.82) is 0 Å². The maximum Gasteiger partial charge on any atom is 0.412 e. The molecular weight excluding hydrogens is 479 g/mol. The molecule has 190 valence electrons. The largest absolute Gasteiger partial charge is 0.412 e. The van der Waals surface area contributed by atoms with Crippen molar-refractivity contribution in [1.82, 2.24) is 25.3 Å². The fraction of sp³-hybridized carbons (Fsp3) is 0.333. The van der Waals surface area contributed by atoms with Crippen molar-refractivity contribution >= 4 is 22.5 Å². The number of halogens is 3. The van der Waals surface area contributed by atoms with Crippen molar-refractivity contribution in [3.63, 3.8) is 0 Å². The zero-order chi connectivity index (χ0) is 25.4. The number of piperazine rings is 1. The van der Waals surface area contributed by atoms with E-state index in [2.05, 4.69) is 25.5 Å². The number of pyridine rings is 2. The Bertz CT molecular complexity index is 1400. The summed E-state index contributed by atoms with van der Waals surface area (Å²) in [5.41, 5.74) is 2.61. The van der Waals surface area contributed by atoms with E-state index < -0.39 is 12.2 Å². The molecule has 0 amide bonds. The van der Waals surface area contributed by atoms with Crippen molar-refractivity contribution in [3.05, 3.63) is 72.2 Å². The summed E-state index contributed by atoms with van der Waals surface area (Å²) in [6.45, 7) is 3.33. The zero-order valence-corrected chi connectivity index (χ0v) is 20.0. The first kappa shape index (κ1) is 23.6. The van der Waals surface area contributed by atoms with Gasteiger partial charge in [-0.3, -0.25) is 4.98 Å². The third kappa shape index (κ3) is 4.93. The number of fused-ring (bicyclic) bond motifs is 1. The van der Waals surface area contributed by atoms with Gasteiger partial charge < -0.3 is 15.5 Å². The topological polar surface area (TPSA) is 78.9 Å². The molecule has 10 heteroatoms. The maximum absolute atomic E-state index is 13.9. The lowest BCUT2D eigenvalue weighted by Crippen LogP contribution is -2.44. The summed E-state index contributed by atoms with van der Waals surface area (Å²) in [6, 6.07) is 9.16. The van der Waals surface area contributed by atoms with Gasteiger partial charge in [-0.15, -0.1) is 0 Å². The van der Waals surface area contributed by atoms with Gasteiger partial charge in [0.1, 0.15) is 17.7 Å². The van der Waals surface area contributed by atoms with Crippen molar-refractivity contribution in [2.24, 2.45) is 0 Å². The molecule has 4 aromatic rings. The molecule has 1 unspecified atom stereocenters. The van der Waals surface area contributed by atoms with E-state index in [1.165, 1.54) is 23.9 Å². The molecule has 6 rings (SSSR count). The molecule has 2 fully saturated rings. The highest BCUT2D eigenvalue weighted by Crippen LogP contribution is 2.45. The number of benzene rings is 1. The van der Waals surface area contributed by atoms with Crippen molar-refractivity contribution in [2.75, 3.05) is 36.4 Å². The van der Waals surface area contributed by atoms with E-state index in [0.29, 0.717) is 17.3 Å². The van der Waals surface area contributed by atoms with Gasteiger partial charge in [0.15, 0.2) is 5.82 Å². The number of hydrogen-bond donors (Lipinski definition) is 2. The van der Waals surface area contributed by atoms with Gasteiger partial charge in [0.25, 0.3) is 0 Å². The quantitative estimate of drug-likeness (QED) is 0.378. The first-order valence-electron chi connectivity index (χ1n) is 12.4. The van der Waals surface area contributed by atoms with Crippen LogP contribution in [0.25, 0.3) is 22.3 Å². The molecule has 37 heavy (non-hydrogen) atoms. The summed E-state index contributed by atoms with van der Waals surface area (Å²) in [6.07, 6.45) is 2.90. The van der Waals surface area contributed by atoms with E-state index in [4.69, 9.17) is 9.97 Å². The van der Waals surface area contributed by atoms with E-state index in [9.17, 15) is 13.2 Å². The molecule has 1 aliphatic carbocycles. The summed E-state index contributed by atoms with van der Waals surface area (Å²) in [7, 11) is 0. The van der Waals surface area contributed by atoms with E-state index in [-0.39, 0.29) is 11.4 Å². The molecule has 1 aromatic carbocycles. The van der Waals surface area contributed by atoms with Crippen molar-refractivity contribution < 1.29 is 13.2 Å². The predicted octanol–water partition coefficient (Wildman–Crippen LogP) is 5.09. The lowest BCUT2D eigenvalue weighted by molar-refractivity contribution is -0.144. The van der Waals surface area contributed by atoms with Crippen LogP contribution in [0.5, 0.6) is 0 Å². The lowest BCUT2D eigenvalue weighted by atomic mass is 10.1. The monoisotopic (exact) mass is 505 g/mol. The summed E-state index contributed by atoms with van der Waals surface area (Å²) in [5, 5.41) is 6.97. The van der Waals surface area contributed by atoms with E-state index in [1.807, 2.05) is 6.20 Å². The third-order valence-corrected chi connectivity index (χ3v) is 6.82. The maximum atomic E-state index is 13.9. The van der Waals surface area contributed by atoms with Gasteiger partial charge in [0, 0.05) is 49.5 Å². The number of hydrogen-bond acceptors (Lipinski definition) is 7. The summed E-state index contributed by atoms with van der Waals surface area (Å²) < 4.78 is 41.8. The highest BCUT2D eigenvalue weighted by molar-refractivity contribution is 5.94. The smallest absolute Gasteiger partial charge is 0.355 e. The van der Waals surface area contributed by atoms with Crippen molar-refractivity contribution in [2.45, 2.75) is 31.0 Å². The normalized spacial score (nSPS) is 17.1. The number of rotatable bonds is 6. The average Bonchev–Trinajstić information content (AvgIpc) is 3.77. The van der Waals surface area contributed by atoms with Crippen LogP contribution >= 0.6 is 0 Å². The van der Waals surface area contributed by atoms with Crippen LogP contribution in [0, 0.1) is 0 Å². The van der Waals surface area contributed by atoms with Crippen molar-refractivity contribution in [3.8, 4) is 11.4 Å². The Morgan fingerprint density at radius 2 is 1.78 bits per heavy atom. The number of nitrogens with zero attached hydrogens (tertiary/aromatic N) is 5. The van der Waals surface area contributed by atoms with Crippen LogP contribution in [0.1, 0.15) is 35.9 Å². The van der Waals surface area contributed by atoms with Gasteiger partial charge in [-0.2, -0.15) is 13.2 Å². The molecule has 3 aromatic heterocycles. The molecule has 1 saturated heterocycles. The van der Waals surface area contributed by atoms with Gasteiger partial charge in [-0.25, -0.2) is 15.0 Å². The number of anilines is 2. The van der Waals surface area contributed by atoms with E-state index in [0.717, 1.165) is 55.7 Å². The van der Waals surface area contributed by atoms with Gasteiger partial charge >= 0.3 is 6.18 Å². The molecule has 0 radical (unpaired) electrons. The Morgan fingerprint density at radius 1 is 1.00 bits per heavy atom. The Kier molecular flexibility index (Phi) is 6.11. The van der Waals surface area contributed by atoms with Gasteiger partial charge in [-0.1, -0.05) is 30.3 Å². The van der Waals surface area contributed by atoms with E-state index >= 15 is 0 Å². The number of nitrogens with one attached hydrogen (secondary N) is 2. The Morgan fingerprint density at radius 3 is 2.51 bits per heavy atom. The second-order valence-electron chi connectivity index (χ2n) is 9.46. The Balaban J connectivity index is 1.41. The molecule has 1 aliphatic heterocycles. The third-order valence-electron chi connectivity index (χ3n) is 6.82. The first-order chi connectivity index (χ1) is 18.0. The highest BCUT2D eigenvalue weighted by Gasteiger charge is 2.41. The van der Waals surface area contributed by atoms with E-state index in [1.54, 1.807) is 36.5 Å². The van der Waals surface area contributed by atoms with Crippen LogP contribution in [0.4, 0.5) is 24.8 Å². The van der Waals surface area contributed by atoms with Crippen LogP contribution in [-0.2, 0) is 0 Å². The number of aromatic nitrogens is 4.